The van der Waals surface area contributed by atoms with Crippen LogP contribution >= 0.6 is 0 Å². The lowest BCUT2D eigenvalue weighted by Crippen LogP contribution is -2.45. The van der Waals surface area contributed by atoms with Gasteiger partial charge in [0.1, 0.15) is 11.6 Å². The van der Waals surface area contributed by atoms with E-state index in [4.69, 9.17) is 4.74 Å². The van der Waals surface area contributed by atoms with Gasteiger partial charge >= 0.3 is 0 Å². The summed E-state index contributed by atoms with van der Waals surface area (Å²) in [6.07, 6.45) is 1.07. The normalized spacial score (nSPS) is 18.9. The molecule has 0 bridgehead atoms. The van der Waals surface area contributed by atoms with Crippen LogP contribution in [0.5, 0.6) is 0 Å². The van der Waals surface area contributed by atoms with Crippen LogP contribution in [0.25, 0.3) is 6.08 Å². The van der Waals surface area contributed by atoms with E-state index in [1.54, 1.807) is 4.90 Å². The zero-order valence-electron chi connectivity index (χ0n) is 11.4. The van der Waals surface area contributed by atoms with E-state index in [0.717, 1.165) is 12.1 Å². The molecule has 2 rings (SSSR count). The molecule has 1 atom stereocenters. The first kappa shape index (κ1) is 14.7. The SMILES string of the molecule is C=Cc1cc(F)c(CC(=O)N2CCOC(C)C2)cc1F. The van der Waals surface area contributed by atoms with E-state index in [9.17, 15) is 13.6 Å². The molecule has 1 aliphatic rings. The Labute approximate surface area is 116 Å². The molecule has 1 aliphatic heterocycles. The van der Waals surface area contributed by atoms with Crippen LogP contribution in [0.4, 0.5) is 8.78 Å². The molecule has 1 saturated heterocycles. The van der Waals surface area contributed by atoms with Crippen molar-refractivity contribution in [3.8, 4) is 0 Å². The largest absolute Gasteiger partial charge is 0.375 e. The second kappa shape index (κ2) is 6.13. The van der Waals surface area contributed by atoms with Gasteiger partial charge in [0.15, 0.2) is 0 Å². The van der Waals surface area contributed by atoms with Crippen LogP contribution in [0.2, 0.25) is 0 Å². The van der Waals surface area contributed by atoms with Gasteiger partial charge in [0.25, 0.3) is 0 Å². The van der Waals surface area contributed by atoms with Crippen molar-refractivity contribution < 1.29 is 18.3 Å². The quantitative estimate of drug-likeness (QED) is 0.851. The highest BCUT2D eigenvalue weighted by molar-refractivity contribution is 5.79. The number of hydrogen-bond donors (Lipinski definition) is 0. The summed E-state index contributed by atoms with van der Waals surface area (Å²) in [5.74, 6) is -1.37. The lowest BCUT2D eigenvalue weighted by atomic mass is 10.1. The molecule has 0 aromatic heterocycles. The van der Waals surface area contributed by atoms with E-state index in [0.29, 0.717) is 19.7 Å². The maximum atomic E-state index is 13.8. The molecule has 0 aliphatic carbocycles. The summed E-state index contributed by atoms with van der Waals surface area (Å²) in [4.78, 5) is 13.7. The number of amides is 1. The third kappa shape index (κ3) is 3.22. The number of benzene rings is 1. The Bertz CT molecular complexity index is 531. The minimum Gasteiger partial charge on any atom is -0.375 e. The maximum Gasteiger partial charge on any atom is 0.227 e. The van der Waals surface area contributed by atoms with Crippen molar-refractivity contribution in [2.75, 3.05) is 19.7 Å². The Balaban J connectivity index is 2.11. The molecular weight excluding hydrogens is 264 g/mol. The molecule has 0 saturated carbocycles. The molecule has 1 amide bonds. The lowest BCUT2D eigenvalue weighted by molar-refractivity contribution is -0.137. The molecule has 0 N–H and O–H groups in total. The van der Waals surface area contributed by atoms with E-state index in [-0.39, 0.29) is 29.6 Å². The first-order chi connectivity index (χ1) is 9.51. The molecule has 1 aromatic rings. The molecule has 0 radical (unpaired) electrons. The predicted octanol–water partition coefficient (Wildman–Crippen LogP) is 2.40. The number of rotatable bonds is 3. The average Bonchev–Trinajstić information content (AvgIpc) is 2.42. The molecule has 108 valence electrons. The van der Waals surface area contributed by atoms with E-state index in [2.05, 4.69) is 6.58 Å². The van der Waals surface area contributed by atoms with Crippen molar-refractivity contribution in [1.29, 1.82) is 0 Å². The van der Waals surface area contributed by atoms with Crippen molar-refractivity contribution >= 4 is 12.0 Å². The van der Waals surface area contributed by atoms with Crippen LogP contribution in [0.1, 0.15) is 18.1 Å². The fourth-order valence-electron chi connectivity index (χ4n) is 2.21. The van der Waals surface area contributed by atoms with E-state index in [1.807, 2.05) is 6.92 Å². The van der Waals surface area contributed by atoms with Crippen LogP contribution in [-0.2, 0) is 16.0 Å². The summed E-state index contributed by atoms with van der Waals surface area (Å²) >= 11 is 0. The smallest absolute Gasteiger partial charge is 0.227 e. The summed E-state index contributed by atoms with van der Waals surface area (Å²) in [5.41, 5.74) is 0.163. The molecule has 20 heavy (non-hydrogen) atoms. The van der Waals surface area contributed by atoms with Crippen molar-refractivity contribution in [3.05, 3.63) is 41.5 Å². The second-order valence-corrected chi connectivity index (χ2v) is 4.87. The molecule has 3 nitrogen and oxygen atoms in total. The zero-order valence-corrected chi connectivity index (χ0v) is 11.4. The van der Waals surface area contributed by atoms with Gasteiger partial charge in [-0.15, -0.1) is 0 Å². The summed E-state index contributed by atoms with van der Waals surface area (Å²) in [6, 6.07) is 2.13. The molecule has 1 unspecified atom stereocenters. The van der Waals surface area contributed by atoms with E-state index in [1.165, 1.54) is 6.08 Å². The Morgan fingerprint density at radius 3 is 2.90 bits per heavy atom. The monoisotopic (exact) mass is 281 g/mol. The number of ether oxygens (including phenoxy) is 1. The molecule has 0 spiro atoms. The first-order valence-corrected chi connectivity index (χ1v) is 6.51. The number of nitrogens with zero attached hydrogens (tertiary/aromatic N) is 1. The van der Waals surface area contributed by atoms with Gasteiger partial charge in [0.2, 0.25) is 5.91 Å². The third-order valence-electron chi connectivity index (χ3n) is 3.32. The van der Waals surface area contributed by atoms with E-state index >= 15 is 0 Å². The topological polar surface area (TPSA) is 29.5 Å². The Hall–Kier alpha value is -1.75. The molecule has 1 heterocycles. The Morgan fingerprint density at radius 2 is 2.25 bits per heavy atom. The minimum atomic E-state index is -0.587. The van der Waals surface area contributed by atoms with Crippen molar-refractivity contribution in [2.45, 2.75) is 19.4 Å². The van der Waals surface area contributed by atoms with Gasteiger partial charge < -0.3 is 9.64 Å². The highest BCUT2D eigenvalue weighted by Gasteiger charge is 2.22. The van der Waals surface area contributed by atoms with Crippen LogP contribution in [0.3, 0.4) is 0 Å². The number of hydrogen-bond acceptors (Lipinski definition) is 2. The molecular formula is C15H17F2NO2. The van der Waals surface area contributed by atoms with Gasteiger partial charge in [-0.2, -0.15) is 0 Å². The first-order valence-electron chi connectivity index (χ1n) is 6.51. The van der Waals surface area contributed by atoms with Crippen molar-refractivity contribution in [2.24, 2.45) is 0 Å². The second-order valence-electron chi connectivity index (χ2n) is 4.87. The summed E-state index contributed by atoms with van der Waals surface area (Å²) in [7, 11) is 0. The number of carbonyl (C=O) groups is 1. The molecule has 1 fully saturated rings. The highest BCUT2D eigenvalue weighted by Crippen LogP contribution is 2.17. The fourth-order valence-corrected chi connectivity index (χ4v) is 2.21. The van der Waals surface area contributed by atoms with E-state index < -0.39 is 11.6 Å². The Kier molecular flexibility index (Phi) is 4.49. The number of carbonyl (C=O) groups excluding carboxylic acids is 1. The Morgan fingerprint density at radius 1 is 1.50 bits per heavy atom. The van der Waals surface area contributed by atoms with Gasteiger partial charge in [0, 0.05) is 24.2 Å². The molecule has 5 heteroatoms. The lowest BCUT2D eigenvalue weighted by Gasteiger charge is -2.31. The van der Waals surface area contributed by atoms with Gasteiger partial charge in [-0.25, -0.2) is 8.78 Å². The molecule has 1 aromatic carbocycles. The summed E-state index contributed by atoms with van der Waals surface area (Å²) in [5, 5.41) is 0. The average molecular weight is 281 g/mol. The predicted molar refractivity (Wildman–Crippen MR) is 72.1 cm³/mol. The highest BCUT2D eigenvalue weighted by atomic mass is 19.1. The fraction of sp³-hybridized carbons (Fsp3) is 0.400. The van der Waals surface area contributed by atoms with Crippen molar-refractivity contribution in [1.82, 2.24) is 4.90 Å². The van der Waals surface area contributed by atoms with Crippen molar-refractivity contribution in [3.63, 3.8) is 0 Å². The van der Waals surface area contributed by atoms with Crippen LogP contribution in [0.15, 0.2) is 18.7 Å². The third-order valence-corrected chi connectivity index (χ3v) is 3.32. The van der Waals surface area contributed by atoms with Crippen LogP contribution < -0.4 is 0 Å². The summed E-state index contributed by atoms with van der Waals surface area (Å²) < 4.78 is 32.8. The zero-order chi connectivity index (χ0) is 14.7. The number of halogens is 2. The minimum absolute atomic E-state index is 0.0302. The number of morpholine rings is 1. The van der Waals surface area contributed by atoms with Crippen LogP contribution in [-0.4, -0.2) is 36.6 Å². The summed E-state index contributed by atoms with van der Waals surface area (Å²) in [6.45, 7) is 6.72. The van der Waals surface area contributed by atoms with Crippen LogP contribution in [0, 0.1) is 11.6 Å². The van der Waals surface area contributed by atoms with Gasteiger partial charge in [-0.3, -0.25) is 4.79 Å². The maximum absolute atomic E-state index is 13.8. The van der Waals surface area contributed by atoms with Gasteiger partial charge in [0.05, 0.1) is 19.1 Å². The van der Waals surface area contributed by atoms with Gasteiger partial charge in [-0.1, -0.05) is 12.7 Å². The van der Waals surface area contributed by atoms with Gasteiger partial charge in [-0.05, 0) is 19.1 Å². The standard InChI is InChI=1S/C15H17F2NO2/c1-3-11-6-14(17)12(7-13(11)16)8-15(19)18-4-5-20-10(2)9-18/h3,6-7,10H,1,4-5,8-9H2,2H3.